The Morgan fingerprint density at radius 2 is 1.85 bits per heavy atom. The van der Waals surface area contributed by atoms with Gasteiger partial charge in [0.1, 0.15) is 5.75 Å². The van der Waals surface area contributed by atoms with Crippen molar-refractivity contribution in [3.63, 3.8) is 0 Å². The minimum absolute atomic E-state index is 0.239. The Labute approximate surface area is 136 Å². The molecule has 0 spiro atoms. The van der Waals surface area contributed by atoms with Crippen molar-refractivity contribution in [1.82, 2.24) is 0 Å². The van der Waals surface area contributed by atoms with Gasteiger partial charge in [-0.25, -0.2) is 0 Å². The molecular weight excluding hydrogens is 389 g/mol. The van der Waals surface area contributed by atoms with Gasteiger partial charge >= 0.3 is 0 Å². The summed E-state index contributed by atoms with van der Waals surface area (Å²) in [5, 5.41) is 3.25. The molecule has 20 heavy (non-hydrogen) atoms. The van der Waals surface area contributed by atoms with E-state index in [1.807, 2.05) is 36.4 Å². The molecule has 0 aromatic heterocycles. The second-order valence-corrected chi connectivity index (χ2v) is 5.84. The van der Waals surface area contributed by atoms with E-state index in [-0.39, 0.29) is 5.91 Å². The van der Waals surface area contributed by atoms with Crippen molar-refractivity contribution in [3.05, 3.63) is 57.1 Å². The van der Waals surface area contributed by atoms with Crippen molar-refractivity contribution in [1.29, 1.82) is 0 Å². The van der Waals surface area contributed by atoms with Crippen molar-refractivity contribution in [2.24, 2.45) is 0 Å². The van der Waals surface area contributed by atoms with E-state index in [4.69, 9.17) is 16.3 Å². The van der Waals surface area contributed by atoms with Gasteiger partial charge in [0.2, 0.25) is 0 Å². The summed E-state index contributed by atoms with van der Waals surface area (Å²) in [6.45, 7) is 1.70. The van der Waals surface area contributed by atoms with Crippen LogP contribution in [0.1, 0.15) is 6.92 Å². The Hall–Kier alpha value is -1.27. The van der Waals surface area contributed by atoms with E-state index in [2.05, 4.69) is 27.9 Å². The molecule has 1 atom stereocenters. The Morgan fingerprint density at radius 3 is 2.50 bits per heavy atom. The average Bonchev–Trinajstić information content (AvgIpc) is 2.44. The molecule has 0 aliphatic carbocycles. The Kier molecular flexibility index (Phi) is 5.25. The normalized spacial score (nSPS) is 11.8. The van der Waals surface area contributed by atoms with Crippen LogP contribution >= 0.6 is 34.2 Å². The second kappa shape index (κ2) is 6.95. The van der Waals surface area contributed by atoms with E-state index in [1.165, 1.54) is 0 Å². The van der Waals surface area contributed by atoms with Crippen molar-refractivity contribution in [2.75, 3.05) is 5.32 Å². The molecular formula is C15H13ClINO2. The number of rotatable bonds is 4. The van der Waals surface area contributed by atoms with E-state index in [0.29, 0.717) is 16.5 Å². The van der Waals surface area contributed by atoms with Gasteiger partial charge in [-0.15, -0.1) is 0 Å². The molecule has 0 aliphatic rings. The van der Waals surface area contributed by atoms with Crippen molar-refractivity contribution in [2.45, 2.75) is 13.0 Å². The predicted octanol–water partition coefficient (Wildman–Crippen LogP) is 4.35. The zero-order valence-electron chi connectivity index (χ0n) is 10.8. The highest BCUT2D eigenvalue weighted by Crippen LogP contribution is 2.21. The van der Waals surface area contributed by atoms with Crippen molar-refractivity contribution < 1.29 is 9.53 Å². The molecule has 1 N–H and O–H groups in total. The van der Waals surface area contributed by atoms with Gasteiger partial charge in [-0.05, 0) is 65.9 Å². The lowest BCUT2D eigenvalue weighted by Crippen LogP contribution is -2.30. The molecule has 0 fully saturated rings. The third-order valence-electron chi connectivity index (χ3n) is 2.63. The maximum Gasteiger partial charge on any atom is 0.265 e. The van der Waals surface area contributed by atoms with Crippen LogP contribution in [0.5, 0.6) is 5.75 Å². The first-order chi connectivity index (χ1) is 9.56. The van der Waals surface area contributed by atoms with Gasteiger partial charge in [-0.2, -0.15) is 0 Å². The largest absolute Gasteiger partial charge is 0.481 e. The molecule has 1 amide bonds. The number of carbonyl (C=O) groups excluding carboxylic acids is 1. The van der Waals surface area contributed by atoms with Gasteiger partial charge in [0.15, 0.2) is 6.10 Å². The minimum Gasteiger partial charge on any atom is -0.481 e. The van der Waals surface area contributed by atoms with Crippen LogP contribution < -0.4 is 10.1 Å². The van der Waals surface area contributed by atoms with Crippen LogP contribution in [0.2, 0.25) is 5.02 Å². The summed E-state index contributed by atoms with van der Waals surface area (Å²) in [6, 6.07) is 14.6. The molecule has 2 aromatic rings. The number of para-hydroxylation sites is 1. The highest BCUT2D eigenvalue weighted by molar-refractivity contribution is 14.1. The molecule has 0 unspecified atom stereocenters. The Balaban J connectivity index is 1.99. The molecule has 0 saturated heterocycles. The molecule has 104 valence electrons. The number of ether oxygens (including phenoxy) is 1. The fraction of sp³-hybridized carbons (Fsp3) is 0.133. The molecule has 5 heteroatoms. The molecule has 0 bridgehead atoms. The number of halogens is 2. The topological polar surface area (TPSA) is 38.3 Å². The molecule has 2 rings (SSSR count). The van der Waals surface area contributed by atoms with E-state index in [0.717, 1.165) is 3.57 Å². The molecule has 0 aliphatic heterocycles. The van der Waals surface area contributed by atoms with Crippen LogP contribution in [0.15, 0.2) is 48.5 Å². The summed E-state index contributed by atoms with van der Waals surface area (Å²) in [7, 11) is 0. The van der Waals surface area contributed by atoms with E-state index in [1.54, 1.807) is 19.1 Å². The van der Waals surface area contributed by atoms with Crippen LogP contribution in [-0.2, 0) is 4.79 Å². The number of amides is 1. The molecule has 3 nitrogen and oxygen atoms in total. The van der Waals surface area contributed by atoms with Gasteiger partial charge in [0.05, 0.1) is 10.7 Å². The van der Waals surface area contributed by atoms with Crippen LogP contribution in [-0.4, -0.2) is 12.0 Å². The highest BCUT2D eigenvalue weighted by Gasteiger charge is 2.15. The number of hydrogen-bond acceptors (Lipinski definition) is 2. The lowest BCUT2D eigenvalue weighted by atomic mass is 10.3. The monoisotopic (exact) mass is 401 g/mol. The first kappa shape index (κ1) is 15.1. The third kappa shape index (κ3) is 4.11. The fourth-order valence-electron chi connectivity index (χ4n) is 1.57. The molecule has 0 heterocycles. The minimum atomic E-state index is -0.605. The van der Waals surface area contributed by atoms with Crippen LogP contribution in [0.3, 0.4) is 0 Å². The predicted molar refractivity (Wildman–Crippen MR) is 89.3 cm³/mol. The first-order valence-electron chi connectivity index (χ1n) is 6.04. The van der Waals surface area contributed by atoms with Gasteiger partial charge in [0.25, 0.3) is 5.91 Å². The number of hydrogen-bond donors (Lipinski definition) is 1. The smallest absolute Gasteiger partial charge is 0.265 e. The Bertz CT molecular complexity index is 601. The number of anilines is 1. The van der Waals surface area contributed by atoms with Gasteiger partial charge in [0, 0.05) is 3.57 Å². The number of carbonyl (C=O) groups is 1. The lowest BCUT2D eigenvalue weighted by Gasteiger charge is -2.15. The summed E-state index contributed by atoms with van der Waals surface area (Å²) >= 11 is 8.21. The number of benzene rings is 2. The van der Waals surface area contributed by atoms with Gasteiger partial charge in [-0.1, -0.05) is 23.7 Å². The van der Waals surface area contributed by atoms with Crippen LogP contribution in [0.25, 0.3) is 0 Å². The molecule has 0 saturated carbocycles. The summed E-state index contributed by atoms with van der Waals surface area (Å²) < 4.78 is 6.70. The van der Waals surface area contributed by atoms with Gasteiger partial charge < -0.3 is 10.1 Å². The third-order valence-corrected chi connectivity index (χ3v) is 3.68. The zero-order chi connectivity index (χ0) is 14.5. The van der Waals surface area contributed by atoms with Crippen molar-refractivity contribution in [3.8, 4) is 5.75 Å². The lowest BCUT2D eigenvalue weighted by molar-refractivity contribution is -0.122. The first-order valence-corrected chi connectivity index (χ1v) is 7.49. The maximum atomic E-state index is 12.0. The summed E-state index contributed by atoms with van der Waals surface area (Å²) in [4.78, 5) is 12.0. The summed E-state index contributed by atoms with van der Waals surface area (Å²) in [5.41, 5.74) is 0.581. The van der Waals surface area contributed by atoms with Gasteiger partial charge in [-0.3, -0.25) is 4.79 Å². The standard InChI is InChI=1S/C15H13ClINO2/c1-10(20-12-8-6-11(17)7-9-12)15(19)18-14-5-3-2-4-13(14)16/h2-10H,1H3,(H,18,19)/t10-/m0/s1. The Morgan fingerprint density at radius 1 is 1.20 bits per heavy atom. The summed E-state index contributed by atoms with van der Waals surface area (Å²) in [5.74, 6) is 0.420. The average molecular weight is 402 g/mol. The summed E-state index contributed by atoms with van der Waals surface area (Å²) in [6.07, 6.45) is -0.605. The van der Waals surface area contributed by atoms with Crippen LogP contribution in [0.4, 0.5) is 5.69 Å². The highest BCUT2D eigenvalue weighted by atomic mass is 127. The SMILES string of the molecule is C[C@H](Oc1ccc(I)cc1)C(=O)Nc1ccccc1Cl. The fourth-order valence-corrected chi connectivity index (χ4v) is 2.11. The van der Waals surface area contributed by atoms with E-state index < -0.39 is 6.10 Å². The second-order valence-electron chi connectivity index (χ2n) is 4.18. The quantitative estimate of drug-likeness (QED) is 0.774. The van der Waals surface area contributed by atoms with Crippen molar-refractivity contribution >= 4 is 45.8 Å². The maximum absolute atomic E-state index is 12.0. The van der Waals surface area contributed by atoms with E-state index >= 15 is 0 Å². The van der Waals surface area contributed by atoms with Crippen LogP contribution in [0, 0.1) is 3.57 Å². The number of nitrogens with one attached hydrogen (secondary N) is 1. The van der Waals surface area contributed by atoms with E-state index in [9.17, 15) is 4.79 Å². The zero-order valence-corrected chi connectivity index (χ0v) is 13.7. The molecule has 2 aromatic carbocycles. The molecule has 0 radical (unpaired) electrons.